The van der Waals surface area contributed by atoms with E-state index < -0.39 is 0 Å². The van der Waals surface area contributed by atoms with Gasteiger partial charge in [0.15, 0.2) is 5.58 Å². The van der Waals surface area contributed by atoms with Crippen molar-refractivity contribution in [2.45, 2.75) is 6.10 Å². The van der Waals surface area contributed by atoms with Crippen LogP contribution in [0, 0.1) is 0 Å². The first-order valence-electron chi connectivity index (χ1n) is 6.41. The van der Waals surface area contributed by atoms with E-state index in [1.807, 2.05) is 12.1 Å². The summed E-state index contributed by atoms with van der Waals surface area (Å²) in [6.45, 7) is 3.36. The lowest BCUT2D eigenvalue weighted by atomic mass is 10.3. The Hall–Kier alpha value is -1.79. The van der Waals surface area contributed by atoms with Gasteiger partial charge in [0.1, 0.15) is 5.52 Å². The first-order chi connectivity index (χ1) is 9.20. The molecule has 1 atom stereocenters. The molecule has 3 rings (SSSR count). The Morgan fingerprint density at radius 1 is 1.53 bits per heavy atom. The van der Waals surface area contributed by atoms with Crippen molar-refractivity contribution < 1.29 is 9.15 Å². The van der Waals surface area contributed by atoms with Crippen LogP contribution in [-0.4, -0.2) is 49.3 Å². The van der Waals surface area contributed by atoms with Crippen LogP contribution in [0.4, 0.5) is 11.7 Å². The van der Waals surface area contributed by atoms with Crippen molar-refractivity contribution in [2.75, 3.05) is 44.3 Å². The second-order valence-corrected chi connectivity index (χ2v) is 4.88. The predicted molar refractivity (Wildman–Crippen MR) is 74.1 cm³/mol. The van der Waals surface area contributed by atoms with Gasteiger partial charge in [-0.1, -0.05) is 0 Å². The Morgan fingerprint density at radius 3 is 3.26 bits per heavy atom. The third-order valence-corrected chi connectivity index (χ3v) is 3.24. The lowest BCUT2D eigenvalue weighted by Crippen LogP contribution is -2.43. The summed E-state index contributed by atoms with van der Waals surface area (Å²) in [5, 5.41) is 3.17. The molecule has 1 fully saturated rings. The number of morpholine rings is 1. The van der Waals surface area contributed by atoms with Crippen LogP contribution in [0.2, 0.25) is 0 Å². The molecule has 1 aliphatic heterocycles. The molecule has 6 heteroatoms. The number of anilines is 2. The number of nitrogens with one attached hydrogen (secondary N) is 1. The Kier molecular flexibility index (Phi) is 3.27. The van der Waals surface area contributed by atoms with Crippen molar-refractivity contribution in [3.63, 3.8) is 0 Å². The maximum absolute atomic E-state index is 5.71. The van der Waals surface area contributed by atoms with E-state index in [-0.39, 0.29) is 6.10 Å². The van der Waals surface area contributed by atoms with Gasteiger partial charge in [0.2, 0.25) is 0 Å². The fourth-order valence-electron chi connectivity index (χ4n) is 2.21. The second-order valence-electron chi connectivity index (χ2n) is 4.88. The average molecular weight is 262 g/mol. The van der Waals surface area contributed by atoms with E-state index in [1.54, 1.807) is 6.07 Å². The highest BCUT2D eigenvalue weighted by Gasteiger charge is 2.18. The molecule has 0 spiro atoms. The number of rotatable bonds is 3. The summed E-state index contributed by atoms with van der Waals surface area (Å²) in [5.74, 6) is 0. The van der Waals surface area contributed by atoms with Gasteiger partial charge >= 0.3 is 0 Å². The number of benzene rings is 1. The minimum Gasteiger partial charge on any atom is -0.423 e. The number of nitrogens with zero attached hydrogens (tertiary/aromatic N) is 2. The third kappa shape index (κ3) is 2.80. The van der Waals surface area contributed by atoms with Crippen LogP contribution >= 0.6 is 0 Å². The lowest BCUT2D eigenvalue weighted by Gasteiger charge is -2.29. The molecule has 1 unspecified atom stereocenters. The van der Waals surface area contributed by atoms with Gasteiger partial charge in [-0.15, -0.1) is 0 Å². The first kappa shape index (κ1) is 12.3. The summed E-state index contributed by atoms with van der Waals surface area (Å²) in [6.07, 6.45) is 0.166. The second kappa shape index (κ2) is 5.07. The topological polar surface area (TPSA) is 76.5 Å². The molecule has 0 bridgehead atoms. The summed E-state index contributed by atoms with van der Waals surface area (Å²) < 4.78 is 11.3. The quantitative estimate of drug-likeness (QED) is 0.808. The van der Waals surface area contributed by atoms with Crippen molar-refractivity contribution in [3.05, 3.63) is 18.2 Å². The van der Waals surface area contributed by atoms with Gasteiger partial charge in [0, 0.05) is 31.4 Å². The fraction of sp³-hybridized carbons (Fsp3) is 0.462. The molecule has 1 aromatic carbocycles. The molecule has 2 heterocycles. The van der Waals surface area contributed by atoms with Gasteiger partial charge in [0.25, 0.3) is 6.01 Å². The summed E-state index contributed by atoms with van der Waals surface area (Å²) >= 11 is 0. The maximum atomic E-state index is 5.71. The van der Waals surface area contributed by atoms with Crippen molar-refractivity contribution in [1.82, 2.24) is 9.88 Å². The fourth-order valence-corrected chi connectivity index (χ4v) is 2.21. The Labute approximate surface area is 111 Å². The van der Waals surface area contributed by atoms with Crippen molar-refractivity contribution in [2.24, 2.45) is 0 Å². The molecule has 0 saturated carbocycles. The standard InChI is InChI=1S/C13H18N4O2/c1-17-4-5-18-10(8-17)7-15-13-16-11-3-2-9(14)6-12(11)19-13/h2-3,6,10H,4-5,7-8,14H2,1H3,(H,15,16). The normalized spacial score (nSPS) is 20.8. The highest BCUT2D eigenvalue weighted by atomic mass is 16.5. The zero-order chi connectivity index (χ0) is 13.2. The Balaban J connectivity index is 1.65. The molecule has 0 aliphatic carbocycles. The van der Waals surface area contributed by atoms with Crippen molar-refractivity contribution in [3.8, 4) is 0 Å². The number of nitrogens with two attached hydrogens (primary N) is 1. The van der Waals surface area contributed by atoms with E-state index in [4.69, 9.17) is 14.9 Å². The van der Waals surface area contributed by atoms with E-state index in [1.165, 1.54) is 0 Å². The number of hydrogen-bond donors (Lipinski definition) is 2. The molecule has 1 aromatic heterocycles. The van der Waals surface area contributed by atoms with Gasteiger partial charge in [0.05, 0.1) is 12.7 Å². The number of ether oxygens (including phenoxy) is 1. The summed E-state index contributed by atoms with van der Waals surface area (Å²) in [6, 6.07) is 5.95. The van der Waals surface area contributed by atoms with E-state index in [2.05, 4.69) is 22.2 Å². The molecule has 3 N–H and O–H groups in total. The molecule has 1 saturated heterocycles. The number of oxazole rings is 1. The SMILES string of the molecule is CN1CCOC(CNc2nc3ccc(N)cc3o2)C1. The van der Waals surface area contributed by atoms with Gasteiger partial charge in [-0.2, -0.15) is 4.98 Å². The van der Waals surface area contributed by atoms with Crippen LogP contribution in [-0.2, 0) is 4.74 Å². The van der Waals surface area contributed by atoms with E-state index >= 15 is 0 Å². The number of nitrogen functional groups attached to an aromatic ring is 1. The monoisotopic (exact) mass is 262 g/mol. The zero-order valence-electron chi connectivity index (χ0n) is 10.9. The largest absolute Gasteiger partial charge is 0.423 e. The van der Waals surface area contributed by atoms with E-state index in [0.29, 0.717) is 23.8 Å². The average Bonchev–Trinajstić information content (AvgIpc) is 2.78. The number of aromatic nitrogens is 1. The molecule has 6 nitrogen and oxygen atoms in total. The molecular formula is C13H18N4O2. The lowest BCUT2D eigenvalue weighted by molar-refractivity contribution is -0.0119. The number of hydrogen-bond acceptors (Lipinski definition) is 6. The van der Waals surface area contributed by atoms with Crippen LogP contribution in [0.15, 0.2) is 22.6 Å². The van der Waals surface area contributed by atoms with Crippen molar-refractivity contribution >= 4 is 22.8 Å². The predicted octanol–water partition coefficient (Wildman–Crippen LogP) is 1.15. The highest BCUT2D eigenvalue weighted by molar-refractivity contribution is 5.78. The zero-order valence-corrected chi connectivity index (χ0v) is 10.9. The van der Waals surface area contributed by atoms with Crippen molar-refractivity contribution in [1.29, 1.82) is 0 Å². The van der Waals surface area contributed by atoms with Gasteiger partial charge in [-0.05, 0) is 19.2 Å². The minimum atomic E-state index is 0.166. The summed E-state index contributed by atoms with van der Waals surface area (Å²) in [7, 11) is 2.09. The molecule has 0 radical (unpaired) electrons. The van der Waals surface area contributed by atoms with E-state index in [0.717, 1.165) is 25.2 Å². The summed E-state index contributed by atoms with van der Waals surface area (Å²) in [4.78, 5) is 6.61. The molecule has 2 aromatic rings. The van der Waals surface area contributed by atoms with E-state index in [9.17, 15) is 0 Å². The smallest absolute Gasteiger partial charge is 0.295 e. The molecular weight excluding hydrogens is 244 g/mol. The van der Waals surface area contributed by atoms with Crippen LogP contribution < -0.4 is 11.1 Å². The van der Waals surface area contributed by atoms with Crippen LogP contribution in [0.5, 0.6) is 0 Å². The number of likely N-dealkylation sites (N-methyl/N-ethyl adjacent to an activating group) is 1. The Morgan fingerprint density at radius 2 is 2.42 bits per heavy atom. The Bertz CT molecular complexity index is 569. The van der Waals surface area contributed by atoms with Crippen LogP contribution in [0.25, 0.3) is 11.1 Å². The molecule has 102 valence electrons. The van der Waals surface area contributed by atoms with Crippen LogP contribution in [0.3, 0.4) is 0 Å². The third-order valence-electron chi connectivity index (χ3n) is 3.24. The number of fused-ring (bicyclic) bond motifs is 1. The molecule has 19 heavy (non-hydrogen) atoms. The van der Waals surface area contributed by atoms with Crippen LogP contribution in [0.1, 0.15) is 0 Å². The van der Waals surface area contributed by atoms with Gasteiger partial charge in [-0.25, -0.2) is 0 Å². The summed E-state index contributed by atoms with van der Waals surface area (Å²) in [5.41, 5.74) is 7.88. The maximum Gasteiger partial charge on any atom is 0.295 e. The van der Waals surface area contributed by atoms with Gasteiger partial charge in [-0.3, -0.25) is 0 Å². The molecule has 0 amide bonds. The highest BCUT2D eigenvalue weighted by Crippen LogP contribution is 2.21. The first-order valence-corrected chi connectivity index (χ1v) is 6.41. The minimum absolute atomic E-state index is 0.166. The molecule has 1 aliphatic rings. The van der Waals surface area contributed by atoms with Gasteiger partial charge < -0.3 is 25.1 Å².